The van der Waals surface area contributed by atoms with Gasteiger partial charge in [0.25, 0.3) is 0 Å². The highest BCUT2D eigenvalue weighted by molar-refractivity contribution is 6.31. The molecule has 0 aliphatic carbocycles. The lowest BCUT2D eigenvalue weighted by Gasteiger charge is -2.16. The summed E-state index contributed by atoms with van der Waals surface area (Å²) in [5, 5.41) is 0.489. The monoisotopic (exact) mass is 311 g/mol. The molecule has 0 bridgehead atoms. The van der Waals surface area contributed by atoms with Crippen LogP contribution in [0.2, 0.25) is 5.02 Å². The van der Waals surface area contributed by atoms with E-state index in [1.165, 1.54) is 0 Å². The molecule has 114 valence electrons. The van der Waals surface area contributed by atoms with Crippen LogP contribution in [0.5, 0.6) is 5.75 Å². The summed E-state index contributed by atoms with van der Waals surface area (Å²) < 4.78 is 44.4. The minimum atomic E-state index is -4.65. The molecule has 1 atom stereocenters. The van der Waals surface area contributed by atoms with Gasteiger partial charge in [0.15, 0.2) is 0 Å². The van der Waals surface area contributed by atoms with Crippen LogP contribution >= 0.6 is 11.6 Å². The van der Waals surface area contributed by atoms with E-state index in [9.17, 15) is 13.2 Å². The molecule has 0 aliphatic heterocycles. The molecule has 0 aliphatic rings. The number of hydrogen-bond acceptors (Lipinski definition) is 3. The predicted octanol–water partition coefficient (Wildman–Crippen LogP) is 3.54. The Morgan fingerprint density at radius 3 is 2.60 bits per heavy atom. The second-order valence-corrected chi connectivity index (χ2v) is 4.64. The fraction of sp³-hybridized carbons (Fsp3) is 0.538. The van der Waals surface area contributed by atoms with Gasteiger partial charge in [-0.1, -0.05) is 24.6 Å². The van der Waals surface area contributed by atoms with Gasteiger partial charge in [0.2, 0.25) is 0 Å². The van der Waals surface area contributed by atoms with Crippen LogP contribution in [0.3, 0.4) is 0 Å². The lowest BCUT2D eigenvalue weighted by Crippen LogP contribution is -2.22. The van der Waals surface area contributed by atoms with Crippen molar-refractivity contribution in [2.24, 2.45) is 5.73 Å². The Morgan fingerprint density at radius 1 is 1.30 bits per heavy atom. The highest BCUT2D eigenvalue weighted by atomic mass is 35.5. The molecule has 0 saturated heterocycles. The molecule has 2 N–H and O–H groups in total. The van der Waals surface area contributed by atoms with Crippen molar-refractivity contribution >= 4 is 11.6 Å². The Kier molecular flexibility index (Phi) is 6.58. The van der Waals surface area contributed by atoms with Gasteiger partial charge in [0.05, 0.1) is 6.61 Å². The van der Waals surface area contributed by atoms with Crippen molar-refractivity contribution in [2.45, 2.75) is 32.2 Å². The largest absolute Gasteiger partial charge is 0.522 e. The van der Waals surface area contributed by atoms with Crippen molar-refractivity contribution in [3.05, 3.63) is 28.8 Å². The molecule has 0 fully saturated rings. The van der Waals surface area contributed by atoms with Gasteiger partial charge in [-0.05, 0) is 25.0 Å². The van der Waals surface area contributed by atoms with Crippen LogP contribution in [0.15, 0.2) is 18.2 Å². The minimum Gasteiger partial charge on any atom is -0.491 e. The fourth-order valence-electron chi connectivity index (χ4n) is 1.59. The van der Waals surface area contributed by atoms with Crippen LogP contribution in [-0.2, 0) is 11.2 Å². The van der Waals surface area contributed by atoms with E-state index in [1.807, 2.05) is 6.92 Å². The zero-order valence-corrected chi connectivity index (χ0v) is 11.8. The van der Waals surface area contributed by atoms with Crippen LogP contribution in [0, 0.1) is 0 Å². The molecule has 1 rings (SSSR count). The topological polar surface area (TPSA) is 44.5 Å². The number of alkyl halides is 3. The Hall–Kier alpha value is -0.980. The van der Waals surface area contributed by atoms with Crippen molar-refractivity contribution in [3.63, 3.8) is 0 Å². The van der Waals surface area contributed by atoms with E-state index < -0.39 is 13.0 Å². The van der Waals surface area contributed by atoms with Gasteiger partial charge in [-0.15, -0.1) is 13.2 Å². The van der Waals surface area contributed by atoms with Crippen LogP contribution in [0.1, 0.15) is 18.9 Å². The Morgan fingerprint density at radius 2 is 2.00 bits per heavy atom. The first-order chi connectivity index (χ1) is 9.33. The zero-order valence-electron chi connectivity index (χ0n) is 11.0. The lowest BCUT2D eigenvalue weighted by molar-refractivity contribution is -0.325. The van der Waals surface area contributed by atoms with E-state index in [0.717, 1.165) is 6.42 Å². The Bertz CT molecular complexity index is 427. The standard InChI is InChI=1S/C13H17ClF3NO2/c1-2-9(18)8-10-11(14)4-3-5-12(10)19-6-7-20-13(15,16)17/h3-5,9H,2,6-8,18H2,1H3. The summed E-state index contributed by atoms with van der Waals surface area (Å²) in [6, 6.07) is 4.93. The highest BCUT2D eigenvalue weighted by Crippen LogP contribution is 2.28. The molecule has 20 heavy (non-hydrogen) atoms. The van der Waals surface area contributed by atoms with E-state index in [4.69, 9.17) is 22.1 Å². The van der Waals surface area contributed by atoms with Crippen LogP contribution < -0.4 is 10.5 Å². The first-order valence-electron chi connectivity index (χ1n) is 6.20. The third kappa shape index (κ3) is 5.98. The van der Waals surface area contributed by atoms with E-state index in [0.29, 0.717) is 22.8 Å². The molecule has 0 spiro atoms. The third-order valence-corrected chi connectivity index (χ3v) is 3.03. The first-order valence-corrected chi connectivity index (χ1v) is 6.57. The van der Waals surface area contributed by atoms with Crippen LogP contribution in [0.25, 0.3) is 0 Å². The molecule has 1 aromatic rings. The number of benzene rings is 1. The summed E-state index contributed by atoms with van der Waals surface area (Å²) in [5.41, 5.74) is 6.57. The maximum atomic E-state index is 11.8. The second-order valence-electron chi connectivity index (χ2n) is 4.23. The maximum Gasteiger partial charge on any atom is 0.522 e. The lowest BCUT2D eigenvalue weighted by atomic mass is 10.0. The Balaban J connectivity index is 2.62. The van der Waals surface area contributed by atoms with Gasteiger partial charge in [-0.3, -0.25) is 4.74 Å². The number of nitrogens with two attached hydrogens (primary N) is 1. The van der Waals surface area contributed by atoms with Crippen molar-refractivity contribution < 1.29 is 22.6 Å². The quantitative estimate of drug-likeness (QED) is 0.783. The zero-order chi connectivity index (χ0) is 15.2. The fourth-order valence-corrected chi connectivity index (χ4v) is 1.83. The normalized spacial score (nSPS) is 13.3. The molecule has 0 heterocycles. The summed E-state index contributed by atoms with van der Waals surface area (Å²) in [7, 11) is 0. The average molecular weight is 312 g/mol. The van der Waals surface area contributed by atoms with Gasteiger partial charge in [0, 0.05) is 16.6 Å². The van der Waals surface area contributed by atoms with E-state index in [1.54, 1.807) is 18.2 Å². The van der Waals surface area contributed by atoms with E-state index in [-0.39, 0.29) is 12.6 Å². The van der Waals surface area contributed by atoms with Gasteiger partial charge < -0.3 is 10.5 Å². The third-order valence-electron chi connectivity index (χ3n) is 2.67. The molecule has 0 radical (unpaired) electrons. The SMILES string of the molecule is CCC(N)Cc1c(Cl)cccc1OCCOC(F)(F)F. The molecular weight excluding hydrogens is 295 g/mol. The van der Waals surface area contributed by atoms with Gasteiger partial charge in [-0.2, -0.15) is 0 Å². The minimum absolute atomic E-state index is 0.0799. The molecule has 0 amide bonds. The average Bonchev–Trinajstić information content (AvgIpc) is 2.36. The predicted molar refractivity (Wildman–Crippen MR) is 70.9 cm³/mol. The molecular formula is C13H17ClF3NO2. The second kappa shape index (κ2) is 7.71. The summed E-state index contributed by atoms with van der Waals surface area (Å²) in [6.07, 6.45) is -3.38. The summed E-state index contributed by atoms with van der Waals surface area (Å²) in [5.74, 6) is 0.437. The molecule has 7 heteroatoms. The number of halogens is 4. The molecule has 1 aromatic carbocycles. The van der Waals surface area contributed by atoms with E-state index in [2.05, 4.69) is 4.74 Å². The summed E-state index contributed by atoms with van der Waals surface area (Å²) in [6.45, 7) is 1.16. The number of hydrogen-bond donors (Lipinski definition) is 1. The first kappa shape index (κ1) is 17.1. The maximum absolute atomic E-state index is 11.8. The van der Waals surface area contributed by atoms with Crippen molar-refractivity contribution in [3.8, 4) is 5.75 Å². The highest BCUT2D eigenvalue weighted by Gasteiger charge is 2.28. The molecule has 0 saturated carbocycles. The summed E-state index contributed by atoms with van der Waals surface area (Å²) in [4.78, 5) is 0. The van der Waals surface area contributed by atoms with Gasteiger partial charge in [-0.25, -0.2) is 0 Å². The van der Waals surface area contributed by atoms with E-state index >= 15 is 0 Å². The number of ether oxygens (including phenoxy) is 2. The molecule has 0 aromatic heterocycles. The molecule has 3 nitrogen and oxygen atoms in total. The van der Waals surface area contributed by atoms with Crippen LogP contribution in [-0.4, -0.2) is 25.6 Å². The van der Waals surface area contributed by atoms with Gasteiger partial charge in [0.1, 0.15) is 12.4 Å². The Labute approximate surface area is 120 Å². The van der Waals surface area contributed by atoms with Crippen LogP contribution in [0.4, 0.5) is 13.2 Å². The van der Waals surface area contributed by atoms with Crippen molar-refractivity contribution in [1.82, 2.24) is 0 Å². The smallest absolute Gasteiger partial charge is 0.491 e. The number of rotatable bonds is 7. The summed E-state index contributed by atoms with van der Waals surface area (Å²) >= 11 is 6.07. The molecule has 1 unspecified atom stereocenters. The van der Waals surface area contributed by atoms with Crippen molar-refractivity contribution in [1.29, 1.82) is 0 Å². The van der Waals surface area contributed by atoms with Gasteiger partial charge >= 0.3 is 6.36 Å². The van der Waals surface area contributed by atoms with Crippen molar-refractivity contribution in [2.75, 3.05) is 13.2 Å².